The number of ether oxygens (including phenoxy) is 4. The molecule has 5 nitrogen and oxygen atoms in total. The van der Waals surface area contributed by atoms with Crippen LogP contribution >= 0.6 is 0 Å². The van der Waals surface area contributed by atoms with E-state index >= 15 is 0 Å². The van der Waals surface area contributed by atoms with Crippen molar-refractivity contribution in [3.8, 4) is 17.2 Å². The highest BCUT2D eigenvalue weighted by molar-refractivity contribution is 5.99. The van der Waals surface area contributed by atoms with Gasteiger partial charge < -0.3 is 18.9 Å². The molecule has 22 heavy (non-hydrogen) atoms. The van der Waals surface area contributed by atoms with Gasteiger partial charge in [0, 0.05) is 6.08 Å². The van der Waals surface area contributed by atoms with Crippen molar-refractivity contribution in [1.29, 1.82) is 0 Å². The number of carbonyl (C=O) groups is 1. The number of hydrogen-bond donors (Lipinski definition) is 0. The summed E-state index contributed by atoms with van der Waals surface area (Å²) in [5, 5.41) is 0. The van der Waals surface area contributed by atoms with Crippen LogP contribution in [0.15, 0.2) is 30.0 Å². The molecule has 1 aromatic rings. The molecule has 1 aliphatic rings. The van der Waals surface area contributed by atoms with Crippen LogP contribution in [0, 0.1) is 0 Å². The molecule has 0 atom stereocenters. The van der Waals surface area contributed by atoms with Crippen LogP contribution < -0.4 is 14.2 Å². The zero-order valence-corrected chi connectivity index (χ0v) is 13.4. The Hall–Kier alpha value is -2.43. The Morgan fingerprint density at radius 2 is 1.59 bits per heavy atom. The van der Waals surface area contributed by atoms with Crippen molar-refractivity contribution in [1.82, 2.24) is 0 Å². The predicted molar refractivity (Wildman–Crippen MR) is 83.4 cm³/mol. The van der Waals surface area contributed by atoms with Crippen LogP contribution in [0.3, 0.4) is 0 Å². The molecule has 0 bridgehead atoms. The lowest BCUT2D eigenvalue weighted by molar-refractivity contribution is -0.126. The van der Waals surface area contributed by atoms with E-state index in [1.807, 2.05) is 18.2 Å². The molecular weight excluding hydrogens is 284 g/mol. The highest BCUT2D eigenvalue weighted by atomic mass is 16.5. The molecule has 0 N–H and O–H groups in total. The molecule has 0 aliphatic carbocycles. The third-order valence-corrected chi connectivity index (χ3v) is 3.37. The van der Waals surface area contributed by atoms with Crippen molar-refractivity contribution in [2.24, 2.45) is 0 Å². The van der Waals surface area contributed by atoms with Crippen molar-refractivity contribution in [3.63, 3.8) is 0 Å². The van der Waals surface area contributed by atoms with Gasteiger partial charge in [0.2, 0.25) is 11.5 Å². The van der Waals surface area contributed by atoms with Crippen LogP contribution in [0.25, 0.3) is 6.08 Å². The summed E-state index contributed by atoms with van der Waals surface area (Å²) in [5.41, 5.74) is 0.0470. The van der Waals surface area contributed by atoms with Crippen molar-refractivity contribution in [2.75, 3.05) is 21.3 Å². The number of hydrogen-bond acceptors (Lipinski definition) is 5. The third-order valence-electron chi connectivity index (χ3n) is 3.37. The van der Waals surface area contributed by atoms with E-state index in [0.29, 0.717) is 23.0 Å². The van der Waals surface area contributed by atoms with Gasteiger partial charge in [0.15, 0.2) is 17.1 Å². The molecule has 118 valence electrons. The molecule has 0 saturated heterocycles. The van der Waals surface area contributed by atoms with Crippen molar-refractivity contribution >= 4 is 11.9 Å². The molecule has 5 heteroatoms. The molecule has 1 aromatic carbocycles. The molecule has 0 radical (unpaired) electrons. The number of rotatable bonds is 5. The lowest BCUT2D eigenvalue weighted by Gasteiger charge is -2.16. The van der Waals surface area contributed by atoms with Crippen LogP contribution in [0.2, 0.25) is 0 Å². The Morgan fingerprint density at radius 1 is 1.00 bits per heavy atom. The van der Waals surface area contributed by atoms with Gasteiger partial charge in [0.1, 0.15) is 5.76 Å². The van der Waals surface area contributed by atoms with E-state index in [0.717, 1.165) is 5.56 Å². The molecule has 0 amide bonds. The molecule has 0 saturated carbocycles. The number of methoxy groups -OCH3 is 3. The zero-order valence-electron chi connectivity index (χ0n) is 13.4. The SMILES string of the molecule is COc1cc(C=CC2=CC(=O)C(C)(C)O2)cc(OC)c1OC. The lowest BCUT2D eigenvalue weighted by atomic mass is 10.1. The maximum absolute atomic E-state index is 11.7. The van der Waals surface area contributed by atoms with E-state index in [-0.39, 0.29) is 5.78 Å². The van der Waals surface area contributed by atoms with E-state index in [1.165, 1.54) is 6.08 Å². The van der Waals surface area contributed by atoms with Gasteiger partial charge >= 0.3 is 0 Å². The van der Waals surface area contributed by atoms with Crippen LogP contribution in [0.5, 0.6) is 17.2 Å². The van der Waals surface area contributed by atoms with Crippen molar-refractivity contribution in [3.05, 3.63) is 35.6 Å². The fraction of sp³-hybridized carbons (Fsp3) is 0.353. The zero-order chi connectivity index (χ0) is 16.3. The summed E-state index contributed by atoms with van der Waals surface area (Å²) in [5.74, 6) is 2.16. The minimum atomic E-state index is -0.797. The molecule has 0 unspecified atom stereocenters. The van der Waals surface area contributed by atoms with Gasteiger partial charge in [-0.15, -0.1) is 0 Å². The Labute approximate surface area is 130 Å². The van der Waals surface area contributed by atoms with Gasteiger partial charge in [-0.1, -0.05) is 6.08 Å². The van der Waals surface area contributed by atoms with Crippen LogP contribution in [-0.4, -0.2) is 32.7 Å². The van der Waals surface area contributed by atoms with Gasteiger partial charge in [-0.25, -0.2) is 0 Å². The Bertz CT molecular complexity index is 615. The fourth-order valence-corrected chi connectivity index (χ4v) is 2.14. The summed E-state index contributed by atoms with van der Waals surface area (Å²) < 4.78 is 21.5. The summed E-state index contributed by atoms with van der Waals surface area (Å²) in [6, 6.07) is 3.64. The van der Waals surface area contributed by atoms with E-state index in [9.17, 15) is 4.79 Å². The number of benzene rings is 1. The maximum Gasteiger partial charge on any atom is 0.203 e. The first-order valence-corrected chi connectivity index (χ1v) is 6.84. The van der Waals surface area contributed by atoms with Crippen LogP contribution in [0.1, 0.15) is 19.4 Å². The number of carbonyl (C=O) groups excluding carboxylic acids is 1. The first-order valence-electron chi connectivity index (χ1n) is 6.84. The number of allylic oxidation sites excluding steroid dienone is 1. The second kappa shape index (κ2) is 6.13. The first-order chi connectivity index (χ1) is 10.4. The minimum Gasteiger partial charge on any atom is -0.493 e. The smallest absolute Gasteiger partial charge is 0.203 e. The van der Waals surface area contributed by atoms with Crippen molar-refractivity contribution < 1.29 is 23.7 Å². The fourth-order valence-electron chi connectivity index (χ4n) is 2.14. The van der Waals surface area contributed by atoms with Gasteiger partial charge in [-0.05, 0) is 37.6 Å². The first kappa shape index (κ1) is 15.9. The van der Waals surface area contributed by atoms with E-state index < -0.39 is 5.60 Å². The van der Waals surface area contributed by atoms with Crippen LogP contribution in [0.4, 0.5) is 0 Å². The van der Waals surface area contributed by atoms with Gasteiger partial charge in [-0.2, -0.15) is 0 Å². The normalized spacial score (nSPS) is 16.4. The van der Waals surface area contributed by atoms with E-state index in [2.05, 4.69) is 0 Å². The quantitative estimate of drug-likeness (QED) is 0.837. The van der Waals surface area contributed by atoms with Gasteiger partial charge in [0.25, 0.3) is 0 Å². The van der Waals surface area contributed by atoms with E-state index in [4.69, 9.17) is 18.9 Å². The summed E-state index contributed by atoms with van der Waals surface area (Å²) in [6.45, 7) is 3.48. The molecule has 1 aliphatic heterocycles. The van der Waals surface area contributed by atoms with Gasteiger partial charge in [0.05, 0.1) is 21.3 Å². The monoisotopic (exact) mass is 304 g/mol. The van der Waals surface area contributed by atoms with E-state index in [1.54, 1.807) is 41.3 Å². The highest BCUT2D eigenvalue weighted by Gasteiger charge is 2.33. The summed E-state index contributed by atoms with van der Waals surface area (Å²) >= 11 is 0. The summed E-state index contributed by atoms with van der Waals surface area (Å²) in [6.07, 6.45) is 5.06. The molecule has 0 fully saturated rings. The highest BCUT2D eigenvalue weighted by Crippen LogP contribution is 2.38. The molecule has 0 spiro atoms. The predicted octanol–water partition coefficient (Wildman–Crippen LogP) is 2.99. The third kappa shape index (κ3) is 3.08. The largest absolute Gasteiger partial charge is 0.493 e. The topological polar surface area (TPSA) is 54.0 Å². The second-order valence-electron chi connectivity index (χ2n) is 5.32. The average molecular weight is 304 g/mol. The summed E-state index contributed by atoms with van der Waals surface area (Å²) in [4.78, 5) is 11.7. The number of ketones is 1. The second-order valence-corrected chi connectivity index (χ2v) is 5.32. The molecule has 0 aromatic heterocycles. The minimum absolute atomic E-state index is 0.0444. The lowest BCUT2D eigenvalue weighted by Crippen LogP contribution is -2.27. The average Bonchev–Trinajstić information content (AvgIpc) is 2.76. The summed E-state index contributed by atoms with van der Waals surface area (Å²) in [7, 11) is 4.68. The Morgan fingerprint density at radius 3 is 2.00 bits per heavy atom. The Balaban J connectivity index is 2.29. The molecular formula is C17H20O5. The van der Waals surface area contributed by atoms with Crippen molar-refractivity contribution in [2.45, 2.75) is 19.4 Å². The van der Waals surface area contributed by atoms with Gasteiger partial charge in [-0.3, -0.25) is 4.79 Å². The molecule has 2 rings (SSSR count). The Kier molecular flexibility index (Phi) is 4.45. The maximum atomic E-state index is 11.7. The molecule has 1 heterocycles. The van der Waals surface area contributed by atoms with Crippen LogP contribution in [-0.2, 0) is 9.53 Å². The standard InChI is InChI=1S/C17H20O5/c1-17(2)15(18)10-12(22-17)7-6-11-8-13(19-3)16(21-5)14(9-11)20-4/h6-10H,1-5H3.